The lowest BCUT2D eigenvalue weighted by atomic mass is 10.1. The van der Waals surface area contributed by atoms with Crippen molar-refractivity contribution in [3.05, 3.63) is 70.2 Å². The van der Waals surface area contributed by atoms with E-state index in [9.17, 15) is 9.59 Å². The molecule has 0 aliphatic rings. The number of ether oxygens (including phenoxy) is 1. The van der Waals surface area contributed by atoms with Crippen LogP contribution in [-0.2, 0) is 16.1 Å². The van der Waals surface area contributed by atoms with Gasteiger partial charge in [0.15, 0.2) is 16.3 Å². The molecule has 30 heavy (non-hydrogen) atoms. The van der Waals surface area contributed by atoms with Gasteiger partial charge in [0, 0.05) is 11.6 Å². The molecule has 4 rings (SSSR count). The second-order valence-corrected chi connectivity index (χ2v) is 7.81. The predicted molar refractivity (Wildman–Crippen MR) is 113 cm³/mol. The van der Waals surface area contributed by atoms with Crippen LogP contribution in [0.1, 0.15) is 21.6 Å². The molecule has 0 radical (unpaired) electrons. The van der Waals surface area contributed by atoms with Crippen LogP contribution >= 0.6 is 11.3 Å². The van der Waals surface area contributed by atoms with Gasteiger partial charge in [0.05, 0.1) is 17.3 Å². The van der Waals surface area contributed by atoms with E-state index in [1.54, 1.807) is 10.6 Å². The molecular weight excluding hydrogens is 402 g/mol. The highest BCUT2D eigenvalue weighted by Crippen LogP contribution is 2.24. The number of rotatable bonds is 4. The summed E-state index contributed by atoms with van der Waals surface area (Å²) in [5.41, 5.74) is 3.86. The van der Waals surface area contributed by atoms with E-state index in [4.69, 9.17) is 9.26 Å². The van der Waals surface area contributed by atoms with E-state index in [0.29, 0.717) is 10.6 Å². The fourth-order valence-electron chi connectivity index (χ4n) is 3.20. The first kappa shape index (κ1) is 19.8. The van der Waals surface area contributed by atoms with E-state index in [1.165, 1.54) is 18.4 Å². The van der Waals surface area contributed by atoms with Crippen molar-refractivity contribution in [2.75, 3.05) is 7.11 Å². The number of esters is 1. The second kappa shape index (κ2) is 8.08. The maximum absolute atomic E-state index is 12.8. The molecule has 0 saturated carbocycles. The van der Waals surface area contributed by atoms with E-state index in [-0.39, 0.29) is 12.2 Å². The average Bonchev–Trinajstić information content (AvgIpc) is 3.35. The molecule has 0 atom stereocenters. The fraction of sp³-hybridized carbons (Fsp3) is 0.182. The summed E-state index contributed by atoms with van der Waals surface area (Å²) in [5, 5.41) is 3.87. The number of fused-ring (bicyclic) bond motifs is 1. The number of carbonyl (C=O) groups is 2. The number of aryl methyl sites for hydroxylation is 2. The molecule has 0 spiro atoms. The summed E-state index contributed by atoms with van der Waals surface area (Å²) in [4.78, 5) is 29.4. The molecule has 1 amide bonds. The maximum Gasteiger partial charge on any atom is 0.325 e. The maximum atomic E-state index is 12.8. The first-order valence-electron chi connectivity index (χ1n) is 9.25. The van der Waals surface area contributed by atoms with Gasteiger partial charge in [-0.2, -0.15) is 4.99 Å². The van der Waals surface area contributed by atoms with Crippen LogP contribution in [0.2, 0.25) is 0 Å². The van der Waals surface area contributed by atoms with Crippen LogP contribution in [-0.4, -0.2) is 28.7 Å². The van der Waals surface area contributed by atoms with Crippen LogP contribution in [0.3, 0.4) is 0 Å². The Hall–Kier alpha value is -3.52. The van der Waals surface area contributed by atoms with Crippen molar-refractivity contribution in [3.63, 3.8) is 0 Å². The highest BCUT2D eigenvalue weighted by Gasteiger charge is 2.17. The molecule has 8 heteroatoms. The lowest BCUT2D eigenvalue weighted by Crippen LogP contribution is -2.22. The molecule has 0 aliphatic carbocycles. The lowest BCUT2D eigenvalue weighted by molar-refractivity contribution is -0.141. The Balaban J connectivity index is 1.79. The second-order valence-electron chi connectivity index (χ2n) is 6.84. The van der Waals surface area contributed by atoms with Gasteiger partial charge in [0.2, 0.25) is 0 Å². The minimum Gasteiger partial charge on any atom is -0.468 e. The van der Waals surface area contributed by atoms with Gasteiger partial charge in [-0.15, -0.1) is 0 Å². The number of benzene rings is 2. The van der Waals surface area contributed by atoms with Crippen LogP contribution < -0.4 is 4.80 Å². The Bertz CT molecular complexity index is 1320. The minimum atomic E-state index is -0.541. The number of hydrogen-bond donors (Lipinski definition) is 0. The molecule has 0 saturated heterocycles. The zero-order valence-corrected chi connectivity index (χ0v) is 17.5. The van der Waals surface area contributed by atoms with Crippen molar-refractivity contribution >= 4 is 33.4 Å². The molecule has 0 aliphatic heterocycles. The third-order valence-corrected chi connectivity index (χ3v) is 5.84. The van der Waals surface area contributed by atoms with Gasteiger partial charge in [-0.25, -0.2) is 0 Å². The van der Waals surface area contributed by atoms with Gasteiger partial charge in [-0.3, -0.25) is 9.59 Å². The zero-order chi connectivity index (χ0) is 21.3. The first-order chi connectivity index (χ1) is 14.5. The molecule has 2 heterocycles. The Morgan fingerprint density at radius 1 is 1.17 bits per heavy atom. The topological polar surface area (TPSA) is 86.7 Å². The summed E-state index contributed by atoms with van der Waals surface area (Å²) in [6, 6.07) is 15.0. The highest BCUT2D eigenvalue weighted by atomic mass is 32.1. The molecule has 2 aromatic carbocycles. The van der Waals surface area contributed by atoms with E-state index in [0.717, 1.165) is 26.9 Å². The van der Waals surface area contributed by atoms with Crippen molar-refractivity contribution < 1.29 is 18.8 Å². The molecular formula is C22H19N3O4S. The number of hydrogen-bond acceptors (Lipinski definition) is 6. The third-order valence-electron chi connectivity index (χ3n) is 4.61. The Morgan fingerprint density at radius 3 is 2.67 bits per heavy atom. The number of thiazole rings is 1. The van der Waals surface area contributed by atoms with Crippen molar-refractivity contribution in [2.45, 2.75) is 20.4 Å². The highest BCUT2D eigenvalue weighted by molar-refractivity contribution is 7.16. The van der Waals surface area contributed by atoms with Gasteiger partial charge in [-0.1, -0.05) is 52.9 Å². The Labute approximate surface area is 176 Å². The fourth-order valence-corrected chi connectivity index (χ4v) is 4.28. The van der Waals surface area contributed by atoms with E-state index < -0.39 is 11.9 Å². The quantitative estimate of drug-likeness (QED) is 0.467. The largest absolute Gasteiger partial charge is 0.468 e. The van der Waals surface area contributed by atoms with Gasteiger partial charge >= 0.3 is 11.9 Å². The van der Waals surface area contributed by atoms with Crippen LogP contribution in [0, 0.1) is 13.8 Å². The number of aromatic nitrogens is 2. The smallest absolute Gasteiger partial charge is 0.325 e. The molecule has 7 nitrogen and oxygen atoms in total. The van der Waals surface area contributed by atoms with Crippen molar-refractivity contribution in [1.82, 2.24) is 9.72 Å². The molecule has 4 aromatic rings. The van der Waals surface area contributed by atoms with E-state index in [1.807, 2.05) is 50.2 Å². The predicted octanol–water partition coefficient (Wildman–Crippen LogP) is 3.89. The number of nitrogens with zero attached hydrogens (tertiary/aromatic N) is 3. The summed E-state index contributed by atoms with van der Waals surface area (Å²) < 4.78 is 12.8. The van der Waals surface area contributed by atoms with Crippen LogP contribution in [0.15, 0.2) is 58.0 Å². The monoisotopic (exact) mass is 421 g/mol. The number of methoxy groups -OCH3 is 1. The summed E-state index contributed by atoms with van der Waals surface area (Å²) in [6.45, 7) is 3.93. The molecule has 0 unspecified atom stereocenters. The van der Waals surface area contributed by atoms with Crippen LogP contribution in [0.25, 0.3) is 21.5 Å². The van der Waals surface area contributed by atoms with Gasteiger partial charge in [0.1, 0.15) is 6.54 Å². The van der Waals surface area contributed by atoms with E-state index >= 15 is 0 Å². The Morgan fingerprint density at radius 2 is 1.93 bits per heavy atom. The van der Waals surface area contributed by atoms with Gasteiger partial charge in [0.25, 0.3) is 0 Å². The molecule has 2 aromatic heterocycles. The molecule has 0 N–H and O–H groups in total. The molecule has 0 fully saturated rings. The summed E-state index contributed by atoms with van der Waals surface area (Å²) >= 11 is 1.35. The van der Waals surface area contributed by atoms with Gasteiger partial charge < -0.3 is 13.8 Å². The van der Waals surface area contributed by atoms with Crippen LogP contribution in [0.5, 0.6) is 0 Å². The van der Waals surface area contributed by atoms with Crippen molar-refractivity contribution in [3.8, 4) is 11.3 Å². The average molecular weight is 421 g/mol. The summed E-state index contributed by atoms with van der Waals surface area (Å²) in [5.74, 6) is -0.476. The summed E-state index contributed by atoms with van der Waals surface area (Å²) in [7, 11) is 1.33. The van der Waals surface area contributed by atoms with Gasteiger partial charge in [-0.05, 0) is 31.0 Å². The van der Waals surface area contributed by atoms with Crippen molar-refractivity contribution in [1.29, 1.82) is 0 Å². The lowest BCUT2D eigenvalue weighted by Gasteiger charge is -2.05. The number of carbonyl (C=O) groups excluding carboxylic acids is 2. The third kappa shape index (κ3) is 3.81. The normalized spacial score (nSPS) is 11.8. The standard InChI is InChI=1S/C22H19N3O4S/c1-13-9-14(2)20-17(10-13)25(12-19(26)28-3)22(30-20)23-21(27)16-11-18(29-24-16)15-7-5-4-6-8-15/h4-11H,12H2,1-3H3. The molecule has 0 bridgehead atoms. The molecule has 152 valence electrons. The summed E-state index contributed by atoms with van der Waals surface area (Å²) in [6.07, 6.45) is 0. The zero-order valence-electron chi connectivity index (χ0n) is 16.7. The van der Waals surface area contributed by atoms with Crippen LogP contribution in [0.4, 0.5) is 0 Å². The van der Waals surface area contributed by atoms with E-state index in [2.05, 4.69) is 16.2 Å². The number of amides is 1. The minimum absolute atomic E-state index is 0.0421. The first-order valence-corrected chi connectivity index (χ1v) is 10.1. The van der Waals surface area contributed by atoms with Crippen molar-refractivity contribution in [2.24, 2.45) is 4.99 Å². The Kier molecular flexibility index (Phi) is 5.33. The SMILES string of the molecule is COC(=O)Cn1c(=NC(=O)c2cc(-c3ccccc3)on2)sc2c(C)cc(C)cc21.